The highest BCUT2D eigenvalue weighted by atomic mass is 32.2. The van der Waals surface area contributed by atoms with Gasteiger partial charge in [-0.3, -0.25) is 9.52 Å². The standard InChI is InChI=1S/C11H12N2O4S/c1-17-11(14)6-7-18(15,16)13-10-4-2-9(8-12)3-5-10/h2-5,13H,6-7H2,1H3. The molecule has 0 amide bonds. The van der Waals surface area contributed by atoms with E-state index in [9.17, 15) is 13.2 Å². The first-order valence-electron chi connectivity index (χ1n) is 5.04. The molecule has 1 aromatic rings. The number of methoxy groups -OCH3 is 1. The fourth-order valence-corrected chi connectivity index (χ4v) is 2.20. The van der Waals surface area contributed by atoms with Gasteiger partial charge in [-0.05, 0) is 24.3 Å². The van der Waals surface area contributed by atoms with Gasteiger partial charge in [0.05, 0.1) is 30.9 Å². The van der Waals surface area contributed by atoms with Gasteiger partial charge >= 0.3 is 5.97 Å². The average molecular weight is 268 g/mol. The van der Waals surface area contributed by atoms with E-state index < -0.39 is 16.0 Å². The van der Waals surface area contributed by atoms with E-state index in [1.165, 1.54) is 31.4 Å². The fraction of sp³-hybridized carbons (Fsp3) is 0.273. The summed E-state index contributed by atoms with van der Waals surface area (Å²) < 4.78 is 29.8. The van der Waals surface area contributed by atoms with Crippen LogP contribution in [0.1, 0.15) is 12.0 Å². The van der Waals surface area contributed by atoms with Gasteiger partial charge in [0.1, 0.15) is 0 Å². The molecule has 0 saturated heterocycles. The number of nitrogens with zero attached hydrogens (tertiary/aromatic N) is 1. The Morgan fingerprint density at radius 1 is 1.39 bits per heavy atom. The van der Waals surface area contributed by atoms with E-state index in [2.05, 4.69) is 9.46 Å². The molecule has 0 aliphatic carbocycles. The number of hydrogen-bond donors (Lipinski definition) is 1. The second-order valence-corrected chi connectivity index (χ2v) is 5.28. The molecule has 0 atom stereocenters. The molecule has 0 heterocycles. The monoisotopic (exact) mass is 268 g/mol. The third kappa shape index (κ3) is 4.43. The number of anilines is 1. The quantitative estimate of drug-likeness (QED) is 0.799. The van der Waals surface area contributed by atoms with Crippen molar-refractivity contribution in [2.75, 3.05) is 17.6 Å². The van der Waals surface area contributed by atoms with Gasteiger partial charge in [-0.1, -0.05) is 0 Å². The molecule has 0 aliphatic rings. The average Bonchev–Trinajstić information content (AvgIpc) is 2.36. The molecule has 7 heteroatoms. The van der Waals surface area contributed by atoms with E-state index in [0.29, 0.717) is 11.3 Å². The van der Waals surface area contributed by atoms with E-state index in [-0.39, 0.29) is 12.2 Å². The second-order valence-electron chi connectivity index (χ2n) is 3.44. The summed E-state index contributed by atoms with van der Waals surface area (Å²) in [4.78, 5) is 10.8. The molecule has 0 bridgehead atoms. The molecule has 0 fully saturated rings. The summed E-state index contributed by atoms with van der Waals surface area (Å²) in [6.45, 7) is 0. The van der Waals surface area contributed by atoms with Crippen LogP contribution >= 0.6 is 0 Å². The van der Waals surface area contributed by atoms with Crippen molar-refractivity contribution in [2.24, 2.45) is 0 Å². The number of ether oxygens (including phenoxy) is 1. The van der Waals surface area contributed by atoms with Crippen molar-refractivity contribution in [3.8, 4) is 6.07 Å². The molecular formula is C11H12N2O4S. The summed E-state index contributed by atoms with van der Waals surface area (Å²) in [5.74, 6) is -0.931. The van der Waals surface area contributed by atoms with Crippen LogP contribution in [-0.2, 0) is 19.6 Å². The maximum atomic E-state index is 11.6. The molecule has 0 aromatic heterocycles. The number of nitrogens with one attached hydrogen (secondary N) is 1. The molecule has 6 nitrogen and oxygen atoms in total. The SMILES string of the molecule is COC(=O)CCS(=O)(=O)Nc1ccc(C#N)cc1. The van der Waals surface area contributed by atoms with Gasteiger partial charge < -0.3 is 4.74 Å². The summed E-state index contributed by atoms with van der Waals surface area (Å²) in [5.41, 5.74) is 0.784. The minimum Gasteiger partial charge on any atom is -0.469 e. The summed E-state index contributed by atoms with van der Waals surface area (Å²) in [6, 6.07) is 7.88. The molecule has 1 rings (SSSR count). The van der Waals surface area contributed by atoms with Gasteiger partial charge in [-0.25, -0.2) is 8.42 Å². The smallest absolute Gasteiger partial charge is 0.306 e. The van der Waals surface area contributed by atoms with Crippen molar-refractivity contribution in [2.45, 2.75) is 6.42 Å². The first kappa shape index (κ1) is 14.0. The van der Waals surface area contributed by atoms with Crippen molar-refractivity contribution in [1.29, 1.82) is 5.26 Å². The third-order valence-electron chi connectivity index (χ3n) is 2.09. The molecule has 1 N–H and O–H groups in total. The Morgan fingerprint density at radius 2 is 2.00 bits per heavy atom. The molecular weight excluding hydrogens is 256 g/mol. The summed E-state index contributed by atoms with van der Waals surface area (Å²) in [6.07, 6.45) is -0.206. The summed E-state index contributed by atoms with van der Waals surface area (Å²) in [5, 5.41) is 8.59. The topological polar surface area (TPSA) is 96.3 Å². The van der Waals surface area contributed by atoms with E-state index in [1.807, 2.05) is 6.07 Å². The molecule has 0 saturated carbocycles. The Hall–Kier alpha value is -2.07. The Bertz CT molecular complexity index is 558. The number of hydrogen-bond acceptors (Lipinski definition) is 5. The predicted octanol–water partition coefficient (Wildman–Crippen LogP) is 0.863. The van der Waals surface area contributed by atoms with Crippen LogP contribution in [0.3, 0.4) is 0 Å². The minimum absolute atomic E-state index is 0.206. The number of nitriles is 1. The van der Waals surface area contributed by atoms with Crippen LogP contribution in [0.15, 0.2) is 24.3 Å². The van der Waals surface area contributed by atoms with Gasteiger partial charge in [0, 0.05) is 5.69 Å². The molecule has 18 heavy (non-hydrogen) atoms. The Balaban J connectivity index is 2.65. The van der Waals surface area contributed by atoms with Crippen LogP contribution in [0.5, 0.6) is 0 Å². The zero-order chi connectivity index (χ0) is 13.6. The number of esters is 1. The van der Waals surface area contributed by atoms with Crippen molar-refractivity contribution in [3.05, 3.63) is 29.8 Å². The zero-order valence-electron chi connectivity index (χ0n) is 9.71. The van der Waals surface area contributed by atoms with Crippen molar-refractivity contribution >= 4 is 21.7 Å². The normalized spacial score (nSPS) is 10.4. The van der Waals surface area contributed by atoms with E-state index in [0.717, 1.165) is 0 Å². The molecule has 96 valence electrons. The summed E-state index contributed by atoms with van der Waals surface area (Å²) >= 11 is 0. The molecule has 0 spiro atoms. The van der Waals surface area contributed by atoms with Crippen LogP contribution in [-0.4, -0.2) is 27.2 Å². The van der Waals surface area contributed by atoms with Crippen LogP contribution < -0.4 is 4.72 Å². The lowest BCUT2D eigenvalue weighted by Gasteiger charge is -2.07. The maximum absolute atomic E-state index is 11.6. The first-order chi connectivity index (χ1) is 8.46. The number of rotatable bonds is 5. The number of carbonyl (C=O) groups excluding carboxylic acids is 1. The first-order valence-corrected chi connectivity index (χ1v) is 6.69. The van der Waals surface area contributed by atoms with Crippen molar-refractivity contribution in [3.63, 3.8) is 0 Å². The number of carbonyl (C=O) groups is 1. The Labute approximate surface area is 105 Å². The van der Waals surface area contributed by atoms with Crippen LogP contribution in [0.25, 0.3) is 0 Å². The predicted molar refractivity (Wildman–Crippen MR) is 65.2 cm³/mol. The zero-order valence-corrected chi connectivity index (χ0v) is 10.5. The van der Waals surface area contributed by atoms with Gasteiger partial charge in [-0.2, -0.15) is 5.26 Å². The van der Waals surface area contributed by atoms with Crippen LogP contribution in [0, 0.1) is 11.3 Å². The molecule has 0 unspecified atom stereocenters. The van der Waals surface area contributed by atoms with Crippen LogP contribution in [0.2, 0.25) is 0 Å². The van der Waals surface area contributed by atoms with Crippen molar-refractivity contribution in [1.82, 2.24) is 0 Å². The lowest BCUT2D eigenvalue weighted by Crippen LogP contribution is -2.19. The molecule has 0 radical (unpaired) electrons. The highest BCUT2D eigenvalue weighted by Gasteiger charge is 2.13. The Morgan fingerprint density at radius 3 is 2.50 bits per heavy atom. The Kier molecular flexibility index (Phi) is 4.68. The third-order valence-corrected chi connectivity index (χ3v) is 3.38. The van der Waals surface area contributed by atoms with E-state index in [4.69, 9.17) is 5.26 Å². The van der Waals surface area contributed by atoms with Gasteiger partial charge in [-0.15, -0.1) is 0 Å². The van der Waals surface area contributed by atoms with Gasteiger partial charge in [0.15, 0.2) is 0 Å². The minimum atomic E-state index is -3.59. The highest BCUT2D eigenvalue weighted by molar-refractivity contribution is 7.92. The largest absolute Gasteiger partial charge is 0.469 e. The fourth-order valence-electron chi connectivity index (χ4n) is 1.16. The van der Waals surface area contributed by atoms with Gasteiger partial charge in [0.2, 0.25) is 10.0 Å². The summed E-state index contributed by atoms with van der Waals surface area (Å²) in [7, 11) is -2.40. The molecule has 0 aliphatic heterocycles. The van der Waals surface area contributed by atoms with Crippen LogP contribution in [0.4, 0.5) is 5.69 Å². The van der Waals surface area contributed by atoms with E-state index in [1.54, 1.807) is 0 Å². The highest BCUT2D eigenvalue weighted by Crippen LogP contribution is 2.11. The van der Waals surface area contributed by atoms with E-state index >= 15 is 0 Å². The number of benzene rings is 1. The van der Waals surface area contributed by atoms with Crippen molar-refractivity contribution < 1.29 is 17.9 Å². The number of sulfonamides is 1. The second kappa shape index (κ2) is 6.02. The lowest BCUT2D eigenvalue weighted by atomic mass is 10.2. The molecule has 1 aromatic carbocycles. The van der Waals surface area contributed by atoms with Gasteiger partial charge in [0.25, 0.3) is 0 Å². The maximum Gasteiger partial charge on any atom is 0.306 e. The lowest BCUT2D eigenvalue weighted by molar-refractivity contribution is -0.140.